The zero-order valence-electron chi connectivity index (χ0n) is 12.5. The van der Waals surface area contributed by atoms with Crippen molar-refractivity contribution in [3.63, 3.8) is 0 Å². The number of anilines is 1. The van der Waals surface area contributed by atoms with E-state index in [2.05, 4.69) is 22.5 Å². The van der Waals surface area contributed by atoms with Crippen LogP contribution in [0.1, 0.15) is 42.2 Å². The van der Waals surface area contributed by atoms with Crippen molar-refractivity contribution in [2.45, 2.75) is 26.3 Å². The number of carbonyl (C=O) groups is 1. The van der Waals surface area contributed by atoms with Crippen LogP contribution in [-0.4, -0.2) is 17.4 Å². The average molecular weight is 283 g/mol. The van der Waals surface area contributed by atoms with E-state index in [0.717, 1.165) is 24.2 Å². The number of para-hydroxylation sites is 1. The summed E-state index contributed by atoms with van der Waals surface area (Å²) in [6.45, 7) is 4.90. The van der Waals surface area contributed by atoms with Gasteiger partial charge in [-0.25, -0.2) is 0 Å². The molecule has 0 radical (unpaired) electrons. The Labute approximate surface area is 125 Å². The third kappa shape index (κ3) is 4.05. The van der Waals surface area contributed by atoms with Gasteiger partial charge in [0.1, 0.15) is 0 Å². The molecule has 4 nitrogen and oxygen atoms in total. The highest BCUT2D eigenvalue weighted by atomic mass is 16.1. The number of carbonyl (C=O) groups excluding carboxylic acids is 1. The molecule has 0 unspecified atom stereocenters. The largest absolute Gasteiger partial charge is 0.384 e. The molecule has 1 aromatic heterocycles. The predicted molar refractivity (Wildman–Crippen MR) is 85.3 cm³/mol. The molecule has 1 heterocycles. The van der Waals surface area contributed by atoms with Crippen LogP contribution in [0.2, 0.25) is 0 Å². The van der Waals surface area contributed by atoms with Crippen LogP contribution in [0, 0.1) is 0 Å². The lowest BCUT2D eigenvalue weighted by atomic mass is 10.1. The zero-order chi connectivity index (χ0) is 15.1. The Morgan fingerprint density at radius 3 is 2.76 bits per heavy atom. The zero-order valence-corrected chi connectivity index (χ0v) is 12.5. The summed E-state index contributed by atoms with van der Waals surface area (Å²) < 4.78 is 0. The molecule has 0 aliphatic carbocycles. The van der Waals surface area contributed by atoms with Crippen LogP contribution in [0.25, 0.3) is 0 Å². The summed E-state index contributed by atoms with van der Waals surface area (Å²) >= 11 is 0. The average Bonchev–Trinajstić information content (AvgIpc) is 2.54. The summed E-state index contributed by atoms with van der Waals surface area (Å²) in [5.74, 6) is -0.0782. The number of hydrogen-bond donors (Lipinski definition) is 2. The van der Waals surface area contributed by atoms with Gasteiger partial charge in [-0.3, -0.25) is 9.78 Å². The number of pyridine rings is 1. The lowest BCUT2D eigenvalue weighted by Gasteiger charge is -2.16. The molecule has 0 saturated carbocycles. The maximum absolute atomic E-state index is 12.4. The lowest BCUT2D eigenvalue weighted by Crippen LogP contribution is -2.27. The fourth-order valence-electron chi connectivity index (χ4n) is 2.08. The number of rotatable bonds is 6. The van der Waals surface area contributed by atoms with E-state index >= 15 is 0 Å². The number of benzene rings is 1. The first-order valence-corrected chi connectivity index (χ1v) is 7.26. The molecule has 21 heavy (non-hydrogen) atoms. The van der Waals surface area contributed by atoms with Gasteiger partial charge in [-0.15, -0.1) is 0 Å². The van der Waals surface area contributed by atoms with Gasteiger partial charge in [-0.05, 0) is 37.1 Å². The van der Waals surface area contributed by atoms with Crippen molar-refractivity contribution in [3.05, 3.63) is 59.9 Å². The molecule has 1 aromatic carbocycles. The van der Waals surface area contributed by atoms with Crippen molar-refractivity contribution in [1.29, 1.82) is 0 Å². The second kappa shape index (κ2) is 7.43. The smallest absolute Gasteiger partial charge is 0.253 e. The molecule has 0 saturated heterocycles. The summed E-state index contributed by atoms with van der Waals surface area (Å²) in [5, 5.41) is 6.29. The SMILES string of the molecule is CCCNc1ccccc1C(=O)N[C@@H](C)c1cccnc1. The molecule has 0 bridgehead atoms. The molecule has 1 amide bonds. The molecule has 2 aromatic rings. The Morgan fingerprint density at radius 1 is 1.24 bits per heavy atom. The Hall–Kier alpha value is -2.36. The van der Waals surface area contributed by atoms with Gasteiger partial charge in [0.25, 0.3) is 5.91 Å². The van der Waals surface area contributed by atoms with Gasteiger partial charge in [-0.1, -0.05) is 25.1 Å². The maximum atomic E-state index is 12.4. The van der Waals surface area contributed by atoms with Gasteiger partial charge in [0.2, 0.25) is 0 Å². The van der Waals surface area contributed by atoms with Crippen LogP contribution in [-0.2, 0) is 0 Å². The normalized spacial score (nSPS) is 11.7. The number of amides is 1. The first-order chi connectivity index (χ1) is 10.2. The maximum Gasteiger partial charge on any atom is 0.253 e. The van der Waals surface area contributed by atoms with Gasteiger partial charge < -0.3 is 10.6 Å². The molecular formula is C17H21N3O. The third-order valence-corrected chi connectivity index (χ3v) is 3.27. The quantitative estimate of drug-likeness (QED) is 0.854. The summed E-state index contributed by atoms with van der Waals surface area (Å²) in [6.07, 6.45) is 4.51. The summed E-state index contributed by atoms with van der Waals surface area (Å²) in [5.41, 5.74) is 2.53. The van der Waals surface area contributed by atoms with Crippen molar-refractivity contribution in [3.8, 4) is 0 Å². The highest BCUT2D eigenvalue weighted by Crippen LogP contribution is 2.17. The highest BCUT2D eigenvalue weighted by Gasteiger charge is 2.14. The molecule has 0 fully saturated rings. The topological polar surface area (TPSA) is 54.0 Å². The van der Waals surface area contributed by atoms with Crippen LogP contribution in [0.5, 0.6) is 0 Å². The lowest BCUT2D eigenvalue weighted by molar-refractivity contribution is 0.0940. The molecule has 0 aliphatic heterocycles. The monoisotopic (exact) mass is 283 g/mol. The highest BCUT2D eigenvalue weighted by molar-refractivity contribution is 5.99. The van der Waals surface area contributed by atoms with E-state index in [1.54, 1.807) is 12.4 Å². The first-order valence-electron chi connectivity index (χ1n) is 7.26. The van der Waals surface area contributed by atoms with Crippen molar-refractivity contribution in [2.75, 3.05) is 11.9 Å². The number of nitrogens with one attached hydrogen (secondary N) is 2. The van der Waals surface area contributed by atoms with E-state index in [-0.39, 0.29) is 11.9 Å². The number of nitrogens with zero attached hydrogens (tertiary/aromatic N) is 1. The minimum atomic E-state index is -0.0783. The Balaban J connectivity index is 2.10. The molecule has 0 spiro atoms. The minimum Gasteiger partial charge on any atom is -0.384 e. The van der Waals surface area contributed by atoms with E-state index in [1.165, 1.54) is 0 Å². The van der Waals surface area contributed by atoms with Crippen molar-refractivity contribution in [2.24, 2.45) is 0 Å². The fourth-order valence-corrected chi connectivity index (χ4v) is 2.08. The van der Waals surface area contributed by atoms with E-state index < -0.39 is 0 Å². The molecular weight excluding hydrogens is 262 g/mol. The van der Waals surface area contributed by atoms with Crippen LogP contribution in [0.4, 0.5) is 5.69 Å². The molecule has 2 rings (SSSR count). The first kappa shape index (κ1) is 15.0. The summed E-state index contributed by atoms with van der Waals surface area (Å²) in [4.78, 5) is 16.5. The van der Waals surface area contributed by atoms with Crippen LogP contribution < -0.4 is 10.6 Å². The molecule has 0 aliphatic rings. The summed E-state index contributed by atoms with van der Waals surface area (Å²) in [6, 6.07) is 11.3. The Morgan fingerprint density at radius 2 is 2.05 bits per heavy atom. The van der Waals surface area contributed by atoms with E-state index in [1.807, 2.05) is 43.3 Å². The standard InChI is InChI=1S/C17H21N3O/c1-3-10-19-16-9-5-4-8-15(16)17(21)20-13(2)14-7-6-11-18-12-14/h4-9,11-13,19H,3,10H2,1-2H3,(H,20,21)/t13-/m0/s1. The van der Waals surface area contributed by atoms with Gasteiger partial charge >= 0.3 is 0 Å². The van der Waals surface area contributed by atoms with Crippen LogP contribution >= 0.6 is 0 Å². The predicted octanol–water partition coefficient (Wildman–Crippen LogP) is 3.39. The van der Waals surface area contributed by atoms with Crippen LogP contribution in [0.15, 0.2) is 48.8 Å². The minimum absolute atomic E-state index is 0.0782. The van der Waals surface area contributed by atoms with Gasteiger partial charge in [0.05, 0.1) is 11.6 Å². The van der Waals surface area contributed by atoms with Crippen molar-refractivity contribution in [1.82, 2.24) is 10.3 Å². The van der Waals surface area contributed by atoms with Crippen LogP contribution in [0.3, 0.4) is 0 Å². The van der Waals surface area contributed by atoms with Gasteiger partial charge in [0, 0.05) is 24.6 Å². The molecule has 1 atom stereocenters. The van der Waals surface area contributed by atoms with E-state index in [0.29, 0.717) is 5.56 Å². The Kier molecular flexibility index (Phi) is 5.32. The second-order valence-corrected chi connectivity index (χ2v) is 4.95. The Bertz CT molecular complexity index is 584. The number of aromatic nitrogens is 1. The number of hydrogen-bond acceptors (Lipinski definition) is 3. The molecule has 110 valence electrons. The fraction of sp³-hybridized carbons (Fsp3) is 0.294. The molecule has 2 N–H and O–H groups in total. The van der Waals surface area contributed by atoms with Crippen molar-refractivity contribution < 1.29 is 4.79 Å². The van der Waals surface area contributed by atoms with Gasteiger partial charge in [-0.2, -0.15) is 0 Å². The molecule has 4 heteroatoms. The van der Waals surface area contributed by atoms with E-state index in [9.17, 15) is 4.79 Å². The van der Waals surface area contributed by atoms with E-state index in [4.69, 9.17) is 0 Å². The summed E-state index contributed by atoms with van der Waals surface area (Å²) in [7, 11) is 0. The van der Waals surface area contributed by atoms with Crippen molar-refractivity contribution >= 4 is 11.6 Å². The third-order valence-electron chi connectivity index (χ3n) is 3.27. The van der Waals surface area contributed by atoms with Gasteiger partial charge in [0.15, 0.2) is 0 Å². The second-order valence-electron chi connectivity index (χ2n) is 4.95.